The number of nitro groups is 1. The van der Waals surface area contributed by atoms with Crippen molar-refractivity contribution >= 4 is 55.9 Å². The van der Waals surface area contributed by atoms with E-state index in [9.17, 15) is 14.9 Å². The van der Waals surface area contributed by atoms with Crippen LogP contribution in [-0.4, -0.2) is 15.8 Å². The Kier molecular flexibility index (Phi) is 5.04. The number of non-ortho nitro benzene ring substituents is 1. The zero-order chi connectivity index (χ0) is 20.5. The number of nitro benzene ring substituents is 1. The monoisotopic (exact) mass is 471 g/mol. The first kappa shape index (κ1) is 19.1. The third-order valence-electron chi connectivity index (χ3n) is 4.12. The highest BCUT2D eigenvalue weighted by Gasteiger charge is 2.17. The Morgan fingerprint density at radius 1 is 1.14 bits per heavy atom. The number of fused-ring (bicyclic) bond motifs is 1. The van der Waals surface area contributed by atoms with Crippen molar-refractivity contribution in [1.82, 2.24) is 4.98 Å². The minimum atomic E-state index is -0.585. The molecule has 0 aliphatic carbocycles. The van der Waals surface area contributed by atoms with E-state index in [0.29, 0.717) is 22.7 Å². The minimum Gasteiger partial charge on any atom is -0.436 e. The SMILES string of the molecule is O=C(Nc1ccc2oc(-c3cccc(Br)c3)nc2c1)c1cc([N+](=O)[O-])ccc1Cl. The number of carbonyl (C=O) groups is 1. The second-order valence-electron chi connectivity index (χ2n) is 6.09. The predicted molar refractivity (Wildman–Crippen MR) is 113 cm³/mol. The first-order valence-electron chi connectivity index (χ1n) is 8.32. The molecule has 1 aromatic heterocycles. The van der Waals surface area contributed by atoms with Gasteiger partial charge in [0, 0.05) is 27.9 Å². The van der Waals surface area contributed by atoms with Crippen LogP contribution in [0, 0.1) is 10.1 Å². The van der Waals surface area contributed by atoms with Crippen LogP contribution in [0.25, 0.3) is 22.6 Å². The van der Waals surface area contributed by atoms with Gasteiger partial charge in [0.25, 0.3) is 11.6 Å². The average Bonchev–Trinajstić information content (AvgIpc) is 3.11. The average molecular weight is 473 g/mol. The van der Waals surface area contributed by atoms with E-state index < -0.39 is 10.8 Å². The molecule has 144 valence electrons. The number of aromatic nitrogens is 1. The van der Waals surface area contributed by atoms with E-state index in [1.54, 1.807) is 18.2 Å². The van der Waals surface area contributed by atoms with Crippen LogP contribution in [0.1, 0.15) is 10.4 Å². The summed E-state index contributed by atoms with van der Waals surface area (Å²) in [4.78, 5) is 27.4. The van der Waals surface area contributed by atoms with Gasteiger partial charge in [-0.25, -0.2) is 4.98 Å². The van der Waals surface area contributed by atoms with Gasteiger partial charge in [-0.3, -0.25) is 14.9 Å². The fourth-order valence-corrected chi connectivity index (χ4v) is 3.35. The van der Waals surface area contributed by atoms with E-state index >= 15 is 0 Å². The summed E-state index contributed by atoms with van der Waals surface area (Å²) < 4.78 is 6.68. The first-order valence-corrected chi connectivity index (χ1v) is 9.49. The number of halogens is 2. The highest BCUT2D eigenvalue weighted by Crippen LogP contribution is 2.28. The molecule has 0 spiro atoms. The van der Waals surface area contributed by atoms with Crippen molar-refractivity contribution in [2.24, 2.45) is 0 Å². The fourth-order valence-electron chi connectivity index (χ4n) is 2.75. The zero-order valence-corrected chi connectivity index (χ0v) is 16.9. The van der Waals surface area contributed by atoms with E-state index in [1.807, 2.05) is 24.3 Å². The quantitative estimate of drug-likeness (QED) is 0.287. The number of hydrogen-bond acceptors (Lipinski definition) is 5. The molecule has 0 radical (unpaired) electrons. The molecule has 9 heteroatoms. The van der Waals surface area contributed by atoms with Gasteiger partial charge in [-0.15, -0.1) is 0 Å². The topological polar surface area (TPSA) is 98.3 Å². The molecule has 0 fully saturated rings. The Balaban J connectivity index is 1.63. The zero-order valence-electron chi connectivity index (χ0n) is 14.6. The molecule has 0 atom stereocenters. The summed E-state index contributed by atoms with van der Waals surface area (Å²) in [5.41, 5.74) is 2.18. The molecule has 4 aromatic rings. The van der Waals surface area contributed by atoms with Crippen molar-refractivity contribution in [1.29, 1.82) is 0 Å². The molecule has 0 aliphatic rings. The van der Waals surface area contributed by atoms with Crippen LogP contribution in [0.15, 0.2) is 69.6 Å². The normalized spacial score (nSPS) is 10.8. The highest BCUT2D eigenvalue weighted by molar-refractivity contribution is 9.10. The van der Waals surface area contributed by atoms with Gasteiger partial charge in [-0.2, -0.15) is 0 Å². The lowest BCUT2D eigenvalue weighted by atomic mass is 10.2. The van der Waals surface area contributed by atoms with E-state index in [0.717, 1.165) is 16.1 Å². The second kappa shape index (κ2) is 7.65. The molecule has 7 nitrogen and oxygen atoms in total. The van der Waals surface area contributed by atoms with Crippen LogP contribution in [0.4, 0.5) is 11.4 Å². The maximum atomic E-state index is 12.5. The van der Waals surface area contributed by atoms with Gasteiger partial charge in [0.2, 0.25) is 5.89 Å². The number of oxazole rings is 1. The number of hydrogen-bond donors (Lipinski definition) is 1. The van der Waals surface area contributed by atoms with E-state index in [1.165, 1.54) is 12.1 Å². The van der Waals surface area contributed by atoms with Crippen LogP contribution in [0.3, 0.4) is 0 Å². The maximum absolute atomic E-state index is 12.5. The standard InChI is InChI=1S/C20H11BrClN3O4/c21-12-3-1-2-11(8-12)20-24-17-9-13(4-7-18(17)29-20)23-19(26)15-10-14(25(27)28)5-6-16(15)22/h1-10H,(H,23,26). The first-order chi connectivity index (χ1) is 13.9. The molecule has 0 saturated carbocycles. The van der Waals surface area contributed by atoms with Crippen molar-refractivity contribution in [3.05, 3.63) is 85.8 Å². The van der Waals surface area contributed by atoms with E-state index in [4.69, 9.17) is 16.0 Å². The number of rotatable bonds is 4. The highest BCUT2D eigenvalue weighted by atomic mass is 79.9. The Morgan fingerprint density at radius 3 is 2.72 bits per heavy atom. The van der Waals surface area contributed by atoms with Crippen LogP contribution in [0.5, 0.6) is 0 Å². The van der Waals surface area contributed by atoms with Crippen LogP contribution >= 0.6 is 27.5 Å². The molecule has 3 aromatic carbocycles. The van der Waals surface area contributed by atoms with Crippen molar-refractivity contribution < 1.29 is 14.1 Å². The number of carbonyl (C=O) groups excluding carboxylic acids is 1. The summed E-state index contributed by atoms with van der Waals surface area (Å²) in [6.07, 6.45) is 0. The van der Waals surface area contributed by atoms with Gasteiger partial charge in [-0.1, -0.05) is 33.6 Å². The molecule has 29 heavy (non-hydrogen) atoms. The van der Waals surface area contributed by atoms with E-state index in [-0.39, 0.29) is 16.3 Å². The number of anilines is 1. The number of benzene rings is 3. The van der Waals surface area contributed by atoms with Gasteiger partial charge in [-0.05, 0) is 42.5 Å². The lowest BCUT2D eigenvalue weighted by Crippen LogP contribution is -2.12. The number of amides is 1. The Bertz CT molecular complexity index is 1270. The molecule has 0 saturated heterocycles. The third kappa shape index (κ3) is 3.98. The van der Waals surface area contributed by atoms with Crippen molar-refractivity contribution in [3.8, 4) is 11.5 Å². The Morgan fingerprint density at radius 2 is 1.97 bits per heavy atom. The largest absolute Gasteiger partial charge is 0.436 e. The van der Waals surface area contributed by atoms with Gasteiger partial charge >= 0.3 is 0 Å². The molecule has 1 N–H and O–H groups in total. The predicted octanol–water partition coefficient (Wildman–Crippen LogP) is 6.07. The molecule has 1 heterocycles. The lowest BCUT2D eigenvalue weighted by Gasteiger charge is -2.06. The van der Waals surface area contributed by atoms with Crippen LogP contribution < -0.4 is 5.32 Å². The molecular weight excluding hydrogens is 462 g/mol. The smallest absolute Gasteiger partial charge is 0.270 e. The fraction of sp³-hybridized carbons (Fsp3) is 0. The van der Waals surface area contributed by atoms with Gasteiger partial charge in [0.15, 0.2) is 5.58 Å². The summed E-state index contributed by atoms with van der Waals surface area (Å²) in [7, 11) is 0. The van der Waals surface area contributed by atoms with Crippen molar-refractivity contribution in [2.45, 2.75) is 0 Å². The van der Waals surface area contributed by atoms with Crippen LogP contribution in [0.2, 0.25) is 5.02 Å². The molecule has 0 unspecified atom stereocenters. The minimum absolute atomic E-state index is 0.0101. The van der Waals surface area contributed by atoms with Crippen molar-refractivity contribution in [3.63, 3.8) is 0 Å². The van der Waals surface area contributed by atoms with Crippen molar-refractivity contribution in [2.75, 3.05) is 5.32 Å². The summed E-state index contributed by atoms with van der Waals surface area (Å²) in [5.74, 6) is -0.111. The Labute approximate surface area is 177 Å². The van der Waals surface area contributed by atoms with Gasteiger partial charge in [0.05, 0.1) is 15.5 Å². The summed E-state index contributed by atoms with van der Waals surface area (Å²) in [6, 6.07) is 16.2. The summed E-state index contributed by atoms with van der Waals surface area (Å²) >= 11 is 9.44. The van der Waals surface area contributed by atoms with Gasteiger partial charge in [0.1, 0.15) is 5.52 Å². The van der Waals surface area contributed by atoms with E-state index in [2.05, 4.69) is 26.2 Å². The maximum Gasteiger partial charge on any atom is 0.270 e. The summed E-state index contributed by atoms with van der Waals surface area (Å²) in [5, 5.41) is 13.7. The molecular formula is C20H11BrClN3O4. The third-order valence-corrected chi connectivity index (χ3v) is 4.95. The molecule has 1 amide bonds. The Hall–Kier alpha value is -3.23. The molecule has 0 aliphatic heterocycles. The van der Waals surface area contributed by atoms with Crippen LogP contribution in [-0.2, 0) is 0 Å². The summed E-state index contributed by atoms with van der Waals surface area (Å²) in [6.45, 7) is 0. The van der Waals surface area contributed by atoms with Gasteiger partial charge < -0.3 is 9.73 Å². The second-order valence-corrected chi connectivity index (χ2v) is 7.41. The molecule has 0 bridgehead atoms. The lowest BCUT2D eigenvalue weighted by molar-refractivity contribution is -0.384. The molecule has 4 rings (SSSR count). The number of nitrogens with zero attached hydrogens (tertiary/aromatic N) is 2. The number of nitrogens with one attached hydrogen (secondary N) is 1.